The maximum atomic E-state index is 12.8. The van der Waals surface area contributed by atoms with Crippen LogP contribution < -0.4 is 5.32 Å². The molecule has 0 unspecified atom stereocenters. The molecule has 4 nitrogen and oxygen atoms in total. The van der Waals surface area contributed by atoms with E-state index in [4.69, 9.17) is 16.6 Å². The van der Waals surface area contributed by atoms with Crippen LogP contribution >= 0.6 is 11.6 Å². The smallest absolute Gasteiger partial charge is 0.230 e. The normalized spacial score (nSPS) is 11.0. The Bertz CT molecular complexity index is 1210. The first-order valence-corrected chi connectivity index (χ1v) is 9.89. The van der Waals surface area contributed by atoms with E-state index in [9.17, 15) is 4.79 Å². The molecule has 0 radical (unpaired) electrons. The first-order chi connectivity index (χ1) is 13.9. The summed E-state index contributed by atoms with van der Waals surface area (Å²) in [5, 5.41) is 3.58. The second-order valence-corrected chi connectivity index (χ2v) is 7.81. The fourth-order valence-electron chi connectivity index (χ4n) is 3.38. The van der Waals surface area contributed by atoms with Gasteiger partial charge in [0.1, 0.15) is 5.65 Å². The highest BCUT2D eigenvalue weighted by atomic mass is 35.5. The van der Waals surface area contributed by atoms with Crippen LogP contribution in [0, 0.1) is 20.8 Å². The Morgan fingerprint density at radius 2 is 1.76 bits per heavy atom. The maximum absolute atomic E-state index is 12.8. The Morgan fingerprint density at radius 1 is 1.00 bits per heavy atom. The molecular weight excluding hydrogens is 382 g/mol. The summed E-state index contributed by atoms with van der Waals surface area (Å²) in [6.07, 6.45) is 2.20. The van der Waals surface area contributed by atoms with Crippen LogP contribution in [0.15, 0.2) is 60.8 Å². The van der Waals surface area contributed by atoms with Crippen molar-refractivity contribution in [3.8, 4) is 11.3 Å². The van der Waals surface area contributed by atoms with Crippen molar-refractivity contribution in [3.63, 3.8) is 0 Å². The Balaban J connectivity index is 1.74. The van der Waals surface area contributed by atoms with Crippen molar-refractivity contribution in [1.29, 1.82) is 0 Å². The van der Waals surface area contributed by atoms with Gasteiger partial charge in [-0.25, -0.2) is 4.98 Å². The van der Waals surface area contributed by atoms with Crippen LogP contribution in [0.3, 0.4) is 0 Å². The number of amides is 1. The molecule has 4 aromatic rings. The van der Waals surface area contributed by atoms with E-state index in [1.54, 1.807) is 24.3 Å². The molecule has 1 N–H and O–H groups in total. The van der Waals surface area contributed by atoms with Crippen molar-refractivity contribution < 1.29 is 4.79 Å². The standard InChI is InChI=1S/C24H22ClN3O/c1-15-10-11-28-21(14-23(29)26-20-8-6-19(25)7-9-20)24(27-22(28)12-15)18-5-4-16(2)17(3)13-18/h4-13H,14H2,1-3H3,(H,26,29). The van der Waals surface area contributed by atoms with Crippen molar-refractivity contribution in [2.45, 2.75) is 27.2 Å². The van der Waals surface area contributed by atoms with Gasteiger partial charge >= 0.3 is 0 Å². The van der Waals surface area contributed by atoms with E-state index < -0.39 is 0 Å². The first-order valence-electron chi connectivity index (χ1n) is 9.51. The Labute approximate surface area is 175 Å². The van der Waals surface area contributed by atoms with Crippen molar-refractivity contribution in [3.05, 3.63) is 88.2 Å². The number of aromatic nitrogens is 2. The number of hydrogen-bond donors (Lipinski definition) is 1. The minimum Gasteiger partial charge on any atom is -0.326 e. The highest BCUT2D eigenvalue weighted by molar-refractivity contribution is 6.30. The molecule has 2 aromatic carbocycles. The monoisotopic (exact) mass is 403 g/mol. The molecule has 29 heavy (non-hydrogen) atoms. The van der Waals surface area contributed by atoms with Crippen LogP contribution in [-0.4, -0.2) is 15.3 Å². The van der Waals surface area contributed by atoms with E-state index >= 15 is 0 Å². The Morgan fingerprint density at radius 3 is 2.48 bits per heavy atom. The lowest BCUT2D eigenvalue weighted by Gasteiger charge is -2.09. The lowest BCUT2D eigenvalue weighted by molar-refractivity contribution is -0.115. The molecule has 2 heterocycles. The Hall–Kier alpha value is -3.11. The second kappa shape index (κ2) is 7.72. The minimum absolute atomic E-state index is 0.0974. The van der Waals surface area contributed by atoms with Gasteiger partial charge in [0.15, 0.2) is 0 Å². The van der Waals surface area contributed by atoms with Gasteiger partial charge in [0.25, 0.3) is 0 Å². The van der Waals surface area contributed by atoms with Crippen molar-refractivity contribution in [1.82, 2.24) is 9.38 Å². The predicted octanol–water partition coefficient (Wildman–Crippen LogP) is 5.76. The number of halogens is 1. The molecule has 0 spiro atoms. The van der Waals surface area contributed by atoms with E-state index in [1.807, 2.05) is 29.7 Å². The SMILES string of the molecule is Cc1ccn2c(CC(=O)Nc3ccc(Cl)cc3)c(-c3ccc(C)c(C)c3)nc2c1. The van der Waals surface area contributed by atoms with Crippen LogP contribution in [0.5, 0.6) is 0 Å². The number of anilines is 1. The van der Waals surface area contributed by atoms with Crippen LogP contribution in [0.2, 0.25) is 5.02 Å². The van der Waals surface area contributed by atoms with E-state index in [0.29, 0.717) is 5.02 Å². The summed E-state index contributed by atoms with van der Waals surface area (Å²) < 4.78 is 2.00. The molecule has 2 aromatic heterocycles. The van der Waals surface area contributed by atoms with Crippen molar-refractivity contribution >= 4 is 28.8 Å². The molecule has 1 amide bonds. The van der Waals surface area contributed by atoms with Gasteiger partial charge in [-0.3, -0.25) is 4.79 Å². The summed E-state index contributed by atoms with van der Waals surface area (Å²) in [4.78, 5) is 17.6. The molecule has 146 valence electrons. The van der Waals surface area contributed by atoms with Crippen LogP contribution in [0.4, 0.5) is 5.69 Å². The van der Waals surface area contributed by atoms with Gasteiger partial charge in [-0.05, 0) is 79.9 Å². The average Bonchev–Trinajstić information content (AvgIpc) is 3.03. The molecule has 0 fully saturated rings. The molecule has 0 aliphatic carbocycles. The minimum atomic E-state index is -0.0974. The molecule has 0 atom stereocenters. The van der Waals surface area contributed by atoms with Gasteiger partial charge in [0.2, 0.25) is 5.91 Å². The molecule has 5 heteroatoms. The number of nitrogens with one attached hydrogen (secondary N) is 1. The topological polar surface area (TPSA) is 46.4 Å². The fraction of sp³-hybridized carbons (Fsp3) is 0.167. The van der Waals surface area contributed by atoms with Gasteiger partial charge < -0.3 is 9.72 Å². The quantitative estimate of drug-likeness (QED) is 0.470. The molecule has 4 rings (SSSR count). The third kappa shape index (κ3) is 4.03. The highest BCUT2D eigenvalue weighted by Gasteiger charge is 2.18. The van der Waals surface area contributed by atoms with E-state index in [2.05, 4.69) is 37.4 Å². The molecule has 0 bridgehead atoms. The molecule has 0 saturated heterocycles. The number of imidazole rings is 1. The zero-order chi connectivity index (χ0) is 20.5. The number of rotatable bonds is 4. The summed E-state index contributed by atoms with van der Waals surface area (Å²) in [5.74, 6) is -0.0974. The zero-order valence-electron chi connectivity index (χ0n) is 16.7. The predicted molar refractivity (Wildman–Crippen MR) is 119 cm³/mol. The number of fused-ring (bicyclic) bond motifs is 1. The van der Waals surface area contributed by atoms with Crippen LogP contribution in [-0.2, 0) is 11.2 Å². The number of benzene rings is 2. The average molecular weight is 404 g/mol. The summed E-state index contributed by atoms with van der Waals surface area (Å²) in [6, 6.07) is 17.5. The summed E-state index contributed by atoms with van der Waals surface area (Å²) >= 11 is 5.93. The zero-order valence-corrected chi connectivity index (χ0v) is 17.4. The number of pyridine rings is 1. The number of aryl methyl sites for hydroxylation is 3. The van der Waals surface area contributed by atoms with Gasteiger partial charge in [0.05, 0.1) is 17.8 Å². The lowest BCUT2D eigenvalue weighted by atomic mass is 10.0. The van der Waals surface area contributed by atoms with Crippen LogP contribution in [0.25, 0.3) is 16.9 Å². The van der Waals surface area contributed by atoms with E-state index in [-0.39, 0.29) is 12.3 Å². The van der Waals surface area contributed by atoms with Gasteiger partial charge in [0, 0.05) is 22.5 Å². The van der Waals surface area contributed by atoms with Crippen molar-refractivity contribution in [2.75, 3.05) is 5.32 Å². The van der Waals surface area contributed by atoms with Gasteiger partial charge in [-0.2, -0.15) is 0 Å². The fourth-order valence-corrected chi connectivity index (χ4v) is 3.50. The van der Waals surface area contributed by atoms with Crippen molar-refractivity contribution in [2.24, 2.45) is 0 Å². The van der Waals surface area contributed by atoms with E-state index in [1.165, 1.54) is 11.1 Å². The summed E-state index contributed by atoms with van der Waals surface area (Å²) in [6.45, 7) is 6.22. The molecule has 0 saturated carbocycles. The maximum Gasteiger partial charge on any atom is 0.230 e. The first kappa shape index (κ1) is 19.2. The summed E-state index contributed by atoms with van der Waals surface area (Å²) in [5.41, 5.74) is 7.85. The third-order valence-electron chi connectivity index (χ3n) is 5.12. The van der Waals surface area contributed by atoms with Gasteiger partial charge in [-0.15, -0.1) is 0 Å². The molecule has 0 aliphatic heterocycles. The second-order valence-electron chi connectivity index (χ2n) is 7.37. The highest BCUT2D eigenvalue weighted by Crippen LogP contribution is 2.27. The number of carbonyl (C=O) groups is 1. The summed E-state index contributed by atoms with van der Waals surface area (Å²) in [7, 11) is 0. The number of carbonyl (C=O) groups excluding carboxylic acids is 1. The third-order valence-corrected chi connectivity index (χ3v) is 5.37. The lowest BCUT2D eigenvalue weighted by Crippen LogP contribution is -2.16. The van der Waals surface area contributed by atoms with Crippen LogP contribution in [0.1, 0.15) is 22.4 Å². The largest absolute Gasteiger partial charge is 0.326 e. The molecular formula is C24H22ClN3O. The van der Waals surface area contributed by atoms with E-state index in [0.717, 1.165) is 33.8 Å². The number of nitrogens with zero attached hydrogens (tertiary/aromatic N) is 2. The van der Waals surface area contributed by atoms with Gasteiger partial charge in [-0.1, -0.05) is 23.7 Å². The Kier molecular flexibility index (Phi) is 5.12. The number of hydrogen-bond acceptors (Lipinski definition) is 2. The molecule has 0 aliphatic rings.